The van der Waals surface area contributed by atoms with Gasteiger partial charge in [0.05, 0.1) is 35.2 Å². The van der Waals surface area contributed by atoms with Gasteiger partial charge >= 0.3 is 12.2 Å². The lowest BCUT2D eigenvalue weighted by Crippen LogP contribution is -2.48. The molecule has 8 rings (SSSR count). The Morgan fingerprint density at radius 3 is 1.42 bits per heavy atom. The van der Waals surface area contributed by atoms with Gasteiger partial charge in [0.1, 0.15) is 23.0 Å². The summed E-state index contributed by atoms with van der Waals surface area (Å²) < 4.78 is 15.8. The standard InChI is InChI=1S/2C21H26N4O3.H2O/c2*1-3-16-12-15(10-11-24(16)21(26)27)22-20-23-18-6-4-5-7-19(18)25(20)13-17-9-8-14(2)28-17;/h2*4-9,15-16H,3,10-13H2,1-2H3,(H,22,23)(H,26,27);1H2. The molecule has 6 aromatic rings. The third kappa shape index (κ3) is 9.20. The number of nitrogens with one attached hydrogen (secondary N) is 2. The highest BCUT2D eigenvalue weighted by molar-refractivity contribution is 5.79. The summed E-state index contributed by atoms with van der Waals surface area (Å²) in [5.41, 5.74) is 3.97. The molecule has 6 heterocycles. The van der Waals surface area contributed by atoms with Gasteiger partial charge in [-0.15, -0.1) is 0 Å². The first-order valence-electron chi connectivity index (χ1n) is 19.6. The number of furan rings is 2. The van der Waals surface area contributed by atoms with Crippen LogP contribution in [0.25, 0.3) is 22.1 Å². The van der Waals surface area contributed by atoms with E-state index in [0.717, 1.165) is 95.5 Å². The van der Waals surface area contributed by atoms with Crippen molar-refractivity contribution >= 4 is 46.1 Å². The number of nitrogens with zero attached hydrogens (tertiary/aromatic N) is 6. The molecule has 15 heteroatoms. The van der Waals surface area contributed by atoms with Crippen molar-refractivity contribution in [1.82, 2.24) is 28.9 Å². The van der Waals surface area contributed by atoms with Crippen LogP contribution in [-0.2, 0) is 13.1 Å². The molecule has 2 fully saturated rings. The van der Waals surface area contributed by atoms with Gasteiger partial charge in [0.25, 0.3) is 0 Å². The quantitative estimate of drug-likeness (QED) is 0.106. The number of carboxylic acid groups (broad SMARTS) is 2. The number of rotatable bonds is 10. The van der Waals surface area contributed by atoms with E-state index in [1.807, 2.05) is 88.4 Å². The summed E-state index contributed by atoms with van der Waals surface area (Å²) in [6.07, 6.45) is 3.07. The molecular weight excluding hydrogens is 729 g/mol. The van der Waals surface area contributed by atoms with E-state index < -0.39 is 12.2 Å². The van der Waals surface area contributed by atoms with Crippen LogP contribution in [0.2, 0.25) is 0 Å². The van der Waals surface area contributed by atoms with Crippen LogP contribution in [0.1, 0.15) is 75.4 Å². The van der Waals surface area contributed by atoms with Gasteiger partial charge in [-0.25, -0.2) is 19.6 Å². The monoisotopic (exact) mass is 782 g/mol. The van der Waals surface area contributed by atoms with Crippen LogP contribution in [0.15, 0.2) is 81.6 Å². The number of fused-ring (bicyclic) bond motifs is 2. The van der Waals surface area contributed by atoms with E-state index in [1.54, 1.807) is 9.80 Å². The van der Waals surface area contributed by atoms with Crippen LogP contribution in [0.3, 0.4) is 0 Å². The largest absolute Gasteiger partial charge is 0.465 e. The average molecular weight is 783 g/mol. The fourth-order valence-electron chi connectivity index (χ4n) is 8.15. The molecule has 0 spiro atoms. The van der Waals surface area contributed by atoms with Crippen LogP contribution in [-0.4, -0.2) is 94.0 Å². The molecule has 2 amide bonds. The molecule has 4 aromatic heterocycles. The number of piperidine rings is 2. The third-order valence-corrected chi connectivity index (χ3v) is 11.1. The number of carbonyl (C=O) groups is 2. The maximum absolute atomic E-state index is 11.4. The van der Waals surface area contributed by atoms with Crippen LogP contribution >= 0.6 is 0 Å². The lowest BCUT2D eigenvalue weighted by molar-refractivity contribution is 0.101. The predicted molar refractivity (Wildman–Crippen MR) is 219 cm³/mol. The summed E-state index contributed by atoms with van der Waals surface area (Å²) >= 11 is 0. The zero-order chi connectivity index (χ0) is 39.3. The molecule has 0 aliphatic carbocycles. The van der Waals surface area contributed by atoms with E-state index in [0.29, 0.717) is 26.2 Å². The van der Waals surface area contributed by atoms with Gasteiger partial charge in [-0.3, -0.25) is 0 Å². The molecule has 304 valence electrons. The molecule has 57 heavy (non-hydrogen) atoms. The second-order valence-electron chi connectivity index (χ2n) is 14.9. The minimum absolute atomic E-state index is 0. The summed E-state index contributed by atoms with van der Waals surface area (Å²) in [7, 11) is 0. The summed E-state index contributed by atoms with van der Waals surface area (Å²) in [6.45, 7) is 10.2. The SMILES string of the molecule is CCC1CC(Nc2nc3ccccc3n2Cc2ccc(C)o2)CCN1C(=O)O.CCC1CC(Nc2nc3ccccc3n2Cc2ccc(C)o2)CCN1C(=O)O.O. The topological polar surface area (TPSA) is 199 Å². The molecule has 2 saturated heterocycles. The fraction of sp³-hybridized carbons (Fsp3) is 0.429. The van der Waals surface area contributed by atoms with Gasteiger partial charge in [0.15, 0.2) is 0 Å². The van der Waals surface area contributed by atoms with Crippen molar-refractivity contribution in [1.29, 1.82) is 0 Å². The molecule has 15 nitrogen and oxygen atoms in total. The lowest BCUT2D eigenvalue weighted by Gasteiger charge is -2.37. The minimum Gasteiger partial charge on any atom is -0.465 e. The maximum atomic E-state index is 11.4. The molecule has 0 bridgehead atoms. The van der Waals surface area contributed by atoms with Crippen molar-refractivity contribution < 1.29 is 34.1 Å². The highest BCUT2D eigenvalue weighted by Crippen LogP contribution is 2.29. The first-order valence-corrected chi connectivity index (χ1v) is 19.6. The van der Waals surface area contributed by atoms with E-state index in [-0.39, 0.29) is 29.6 Å². The number of hydrogen-bond acceptors (Lipinski definition) is 8. The Bertz CT molecular complexity index is 2120. The van der Waals surface area contributed by atoms with Crippen molar-refractivity contribution in [3.8, 4) is 0 Å². The Morgan fingerprint density at radius 2 is 1.07 bits per heavy atom. The number of aryl methyl sites for hydroxylation is 2. The second-order valence-corrected chi connectivity index (χ2v) is 14.9. The summed E-state index contributed by atoms with van der Waals surface area (Å²) in [4.78, 5) is 35.6. The molecule has 2 aliphatic heterocycles. The van der Waals surface area contributed by atoms with Crippen molar-refractivity contribution in [2.75, 3.05) is 23.7 Å². The summed E-state index contributed by atoms with van der Waals surface area (Å²) in [5, 5.41) is 26.0. The van der Waals surface area contributed by atoms with E-state index in [4.69, 9.17) is 18.8 Å². The van der Waals surface area contributed by atoms with Gasteiger partial charge in [0.2, 0.25) is 11.9 Å². The highest BCUT2D eigenvalue weighted by atomic mass is 16.4. The maximum Gasteiger partial charge on any atom is 0.407 e. The van der Waals surface area contributed by atoms with Crippen LogP contribution in [0.4, 0.5) is 21.5 Å². The van der Waals surface area contributed by atoms with Gasteiger partial charge in [-0.2, -0.15) is 0 Å². The van der Waals surface area contributed by atoms with Gasteiger partial charge in [0, 0.05) is 37.3 Å². The summed E-state index contributed by atoms with van der Waals surface area (Å²) in [6, 6.07) is 24.5. The third-order valence-electron chi connectivity index (χ3n) is 11.1. The highest BCUT2D eigenvalue weighted by Gasteiger charge is 2.32. The first-order chi connectivity index (χ1) is 27.1. The second kappa shape index (κ2) is 17.9. The Kier molecular flexibility index (Phi) is 12.8. The number of aromatic nitrogens is 4. The molecule has 6 N–H and O–H groups in total. The number of benzene rings is 2. The molecule has 0 radical (unpaired) electrons. The smallest absolute Gasteiger partial charge is 0.407 e. The van der Waals surface area contributed by atoms with Crippen molar-refractivity contribution in [2.45, 2.75) is 103 Å². The number of likely N-dealkylation sites (tertiary alicyclic amines) is 2. The number of anilines is 2. The van der Waals surface area contributed by atoms with Crippen molar-refractivity contribution in [2.24, 2.45) is 0 Å². The molecule has 4 unspecified atom stereocenters. The normalized spacial score (nSPS) is 19.5. The van der Waals surface area contributed by atoms with Gasteiger partial charge in [-0.05, 0) is 101 Å². The van der Waals surface area contributed by atoms with Crippen molar-refractivity contribution in [3.63, 3.8) is 0 Å². The number of hydrogen-bond donors (Lipinski definition) is 4. The Morgan fingerprint density at radius 1 is 0.667 bits per heavy atom. The Balaban J connectivity index is 0.000000189. The zero-order valence-corrected chi connectivity index (χ0v) is 33.0. The van der Waals surface area contributed by atoms with E-state index in [2.05, 4.69) is 31.9 Å². The number of amides is 2. The molecule has 2 aliphatic rings. The van der Waals surface area contributed by atoms with Crippen LogP contribution in [0.5, 0.6) is 0 Å². The first kappa shape index (κ1) is 40.7. The molecule has 2 aromatic carbocycles. The molecular formula is C42H54N8O7. The van der Waals surface area contributed by atoms with E-state index >= 15 is 0 Å². The van der Waals surface area contributed by atoms with Gasteiger partial charge < -0.3 is 54.1 Å². The number of para-hydroxylation sites is 4. The number of imidazole rings is 2. The van der Waals surface area contributed by atoms with E-state index in [9.17, 15) is 19.8 Å². The average Bonchev–Trinajstić information content (AvgIpc) is 3.98. The van der Waals surface area contributed by atoms with Gasteiger partial charge in [-0.1, -0.05) is 38.1 Å². The molecule has 4 atom stereocenters. The fourth-order valence-corrected chi connectivity index (χ4v) is 8.15. The van der Waals surface area contributed by atoms with Crippen molar-refractivity contribution in [3.05, 3.63) is 95.8 Å². The van der Waals surface area contributed by atoms with Crippen LogP contribution < -0.4 is 10.6 Å². The van der Waals surface area contributed by atoms with Crippen LogP contribution in [0, 0.1) is 13.8 Å². The Hall–Kier alpha value is -5.96. The lowest BCUT2D eigenvalue weighted by atomic mass is 9.96. The Labute approximate surface area is 331 Å². The zero-order valence-electron chi connectivity index (χ0n) is 33.0. The summed E-state index contributed by atoms with van der Waals surface area (Å²) in [5.74, 6) is 5.16. The predicted octanol–water partition coefficient (Wildman–Crippen LogP) is 7.81. The molecule has 0 saturated carbocycles. The minimum atomic E-state index is -0.828. The van der Waals surface area contributed by atoms with E-state index in [1.165, 1.54) is 0 Å².